The SMILES string of the molecule is COCC(C)NC(=O)c1cccc(S(=O)(=O)N(C)c2cccc(Cl)c2)c1. The first kappa shape index (κ1) is 20.2. The van der Waals surface area contributed by atoms with Gasteiger partial charge in [-0.25, -0.2) is 8.42 Å². The van der Waals surface area contributed by atoms with Crippen molar-refractivity contribution in [3.05, 3.63) is 59.1 Å². The number of sulfonamides is 1. The summed E-state index contributed by atoms with van der Waals surface area (Å²) in [5, 5.41) is 3.19. The Morgan fingerprint density at radius 2 is 1.92 bits per heavy atom. The fourth-order valence-electron chi connectivity index (χ4n) is 2.37. The van der Waals surface area contributed by atoms with E-state index in [2.05, 4.69) is 5.32 Å². The van der Waals surface area contributed by atoms with E-state index in [1.54, 1.807) is 44.4 Å². The van der Waals surface area contributed by atoms with Crippen molar-refractivity contribution < 1.29 is 17.9 Å². The first-order valence-corrected chi connectivity index (χ1v) is 9.72. The van der Waals surface area contributed by atoms with Gasteiger partial charge in [0.15, 0.2) is 0 Å². The Bertz CT molecular complexity index is 886. The van der Waals surface area contributed by atoms with Crippen molar-refractivity contribution in [1.82, 2.24) is 5.32 Å². The van der Waals surface area contributed by atoms with Crippen molar-refractivity contribution in [2.45, 2.75) is 17.9 Å². The lowest BCUT2D eigenvalue weighted by atomic mass is 10.2. The number of hydrogen-bond donors (Lipinski definition) is 1. The van der Waals surface area contributed by atoms with Crippen LogP contribution in [0.5, 0.6) is 0 Å². The van der Waals surface area contributed by atoms with E-state index in [9.17, 15) is 13.2 Å². The van der Waals surface area contributed by atoms with E-state index in [4.69, 9.17) is 16.3 Å². The zero-order chi connectivity index (χ0) is 19.3. The van der Waals surface area contributed by atoms with Crippen LogP contribution in [0.3, 0.4) is 0 Å². The average molecular weight is 397 g/mol. The Morgan fingerprint density at radius 1 is 1.23 bits per heavy atom. The van der Waals surface area contributed by atoms with E-state index in [0.717, 1.165) is 4.31 Å². The number of benzene rings is 2. The summed E-state index contributed by atoms with van der Waals surface area (Å²) >= 11 is 5.94. The Morgan fingerprint density at radius 3 is 2.58 bits per heavy atom. The van der Waals surface area contributed by atoms with Crippen LogP contribution >= 0.6 is 11.6 Å². The van der Waals surface area contributed by atoms with Crippen LogP contribution in [-0.2, 0) is 14.8 Å². The number of carbonyl (C=O) groups is 1. The molecule has 0 heterocycles. The van der Waals surface area contributed by atoms with Gasteiger partial charge in [0.05, 0.1) is 17.2 Å². The summed E-state index contributed by atoms with van der Waals surface area (Å²) in [6.45, 7) is 2.16. The number of rotatable bonds is 7. The van der Waals surface area contributed by atoms with Gasteiger partial charge in [-0.3, -0.25) is 9.10 Å². The zero-order valence-corrected chi connectivity index (χ0v) is 16.3. The molecule has 0 spiro atoms. The van der Waals surface area contributed by atoms with Crippen molar-refractivity contribution in [2.24, 2.45) is 0 Å². The first-order valence-electron chi connectivity index (χ1n) is 7.90. The molecular formula is C18H21ClN2O4S. The molecule has 140 valence electrons. The molecule has 6 nitrogen and oxygen atoms in total. The molecule has 0 bridgehead atoms. The average Bonchev–Trinajstić information content (AvgIpc) is 2.61. The summed E-state index contributed by atoms with van der Waals surface area (Å²) < 4.78 is 31.9. The lowest BCUT2D eigenvalue weighted by molar-refractivity contribution is 0.0905. The third-order valence-electron chi connectivity index (χ3n) is 3.72. The quantitative estimate of drug-likeness (QED) is 0.780. The second-order valence-corrected chi connectivity index (χ2v) is 8.22. The molecule has 2 aromatic rings. The molecule has 0 radical (unpaired) electrons. The molecule has 2 aromatic carbocycles. The highest BCUT2D eigenvalue weighted by Crippen LogP contribution is 2.25. The number of anilines is 1. The number of nitrogens with one attached hydrogen (secondary N) is 1. The molecule has 2 rings (SSSR count). The molecule has 1 N–H and O–H groups in total. The number of halogens is 1. The minimum atomic E-state index is -3.83. The molecule has 1 amide bonds. The molecule has 0 aromatic heterocycles. The standard InChI is InChI=1S/C18H21ClN2O4S/c1-13(12-25-3)20-18(22)14-6-4-9-17(10-14)26(23,24)21(2)16-8-5-7-15(19)11-16/h4-11,13H,12H2,1-3H3,(H,20,22). The Hall–Kier alpha value is -2.09. The van der Waals surface area contributed by atoms with Crippen molar-refractivity contribution in [2.75, 3.05) is 25.1 Å². The van der Waals surface area contributed by atoms with Crippen LogP contribution < -0.4 is 9.62 Å². The topological polar surface area (TPSA) is 75.7 Å². The highest BCUT2D eigenvalue weighted by atomic mass is 35.5. The molecular weight excluding hydrogens is 376 g/mol. The number of nitrogens with zero attached hydrogens (tertiary/aromatic N) is 1. The summed E-state index contributed by atoms with van der Waals surface area (Å²) in [6, 6.07) is 12.2. The van der Waals surface area contributed by atoms with Crippen LogP contribution in [0.4, 0.5) is 5.69 Å². The summed E-state index contributed by atoms with van der Waals surface area (Å²) in [5.74, 6) is -0.364. The predicted octanol–water partition coefficient (Wildman–Crippen LogP) is 2.93. The van der Waals surface area contributed by atoms with Crippen LogP contribution in [-0.4, -0.2) is 41.1 Å². The molecule has 0 fully saturated rings. The fourth-order valence-corrected chi connectivity index (χ4v) is 3.78. The number of hydrogen-bond acceptors (Lipinski definition) is 4. The van der Waals surface area contributed by atoms with Crippen LogP contribution in [0.2, 0.25) is 5.02 Å². The van der Waals surface area contributed by atoms with Crippen LogP contribution in [0.15, 0.2) is 53.4 Å². The maximum atomic E-state index is 12.9. The Labute approximate surface area is 158 Å². The largest absolute Gasteiger partial charge is 0.383 e. The van der Waals surface area contributed by atoms with E-state index in [0.29, 0.717) is 17.3 Å². The zero-order valence-electron chi connectivity index (χ0n) is 14.8. The molecule has 0 aliphatic carbocycles. The van der Waals surface area contributed by atoms with E-state index in [-0.39, 0.29) is 22.4 Å². The fraction of sp³-hybridized carbons (Fsp3) is 0.278. The molecule has 0 saturated heterocycles. The Kier molecular flexibility index (Phi) is 6.63. The smallest absolute Gasteiger partial charge is 0.264 e. The summed E-state index contributed by atoms with van der Waals surface area (Å²) in [4.78, 5) is 12.3. The summed E-state index contributed by atoms with van der Waals surface area (Å²) in [7, 11) is -0.851. The molecule has 0 aliphatic rings. The van der Waals surface area contributed by atoms with Gasteiger partial charge in [-0.2, -0.15) is 0 Å². The van der Waals surface area contributed by atoms with Gasteiger partial charge in [0.2, 0.25) is 0 Å². The van der Waals surface area contributed by atoms with Crippen LogP contribution in [0.1, 0.15) is 17.3 Å². The first-order chi connectivity index (χ1) is 12.3. The second kappa shape index (κ2) is 8.53. The molecule has 8 heteroatoms. The van der Waals surface area contributed by atoms with E-state index < -0.39 is 10.0 Å². The van der Waals surface area contributed by atoms with E-state index in [1.807, 2.05) is 0 Å². The predicted molar refractivity (Wildman–Crippen MR) is 102 cm³/mol. The van der Waals surface area contributed by atoms with Gasteiger partial charge < -0.3 is 10.1 Å². The minimum absolute atomic E-state index is 0.0204. The number of carbonyl (C=O) groups excluding carboxylic acids is 1. The van der Waals surface area contributed by atoms with E-state index in [1.165, 1.54) is 25.2 Å². The maximum absolute atomic E-state index is 12.9. The normalized spacial score (nSPS) is 12.5. The summed E-state index contributed by atoms with van der Waals surface area (Å²) in [6.07, 6.45) is 0. The van der Waals surface area contributed by atoms with E-state index >= 15 is 0 Å². The molecule has 0 saturated carbocycles. The summed E-state index contributed by atoms with van der Waals surface area (Å²) in [5.41, 5.74) is 0.689. The van der Waals surface area contributed by atoms with Gasteiger partial charge in [0, 0.05) is 30.8 Å². The molecule has 0 aliphatic heterocycles. The van der Waals surface area contributed by atoms with Gasteiger partial charge in [-0.05, 0) is 43.3 Å². The molecule has 26 heavy (non-hydrogen) atoms. The maximum Gasteiger partial charge on any atom is 0.264 e. The Balaban J connectivity index is 2.29. The lowest BCUT2D eigenvalue weighted by Gasteiger charge is -2.20. The molecule has 1 unspecified atom stereocenters. The third kappa shape index (κ3) is 4.75. The van der Waals surface area contributed by atoms with Gasteiger partial charge in [0.1, 0.15) is 0 Å². The van der Waals surface area contributed by atoms with Crippen molar-refractivity contribution in [3.8, 4) is 0 Å². The third-order valence-corrected chi connectivity index (χ3v) is 5.74. The highest BCUT2D eigenvalue weighted by Gasteiger charge is 2.23. The van der Waals surface area contributed by atoms with Gasteiger partial charge in [-0.15, -0.1) is 0 Å². The number of amides is 1. The second-order valence-electron chi connectivity index (χ2n) is 5.81. The van der Waals surface area contributed by atoms with Gasteiger partial charge in [-0.1, -0.05) is 23.7 Å². The molecule has 1 atom stereocenters. The monoisotopic (exact) mass is 396 g/mol. The van der Waals surface area contributed by atoms with Crippen LogP contribution in [0.25, 0.3) is 0 Å². The van der Waals surface area contributed by atoms with Crippen molar-refractivity contribution in [3.63, 3.8) is 0 Å². The number of methoxy groups -OCH3 is 1. The van der Waals surface area contributed by atoms with Gasteiger partial charge >= 0.3 is 0 Å². The minimum Gasteiger partial charge on any atom is -0.383 e. The highest BCUT2D eigenvalue weighted by molar-refractivity contribution is 7.92. The lowest BCUT2D eigenvalue weighted by Crippen LogP contribution is -2.35. The van der Waals surface area contributed by atoms with Crippen molar-refractivity contribution >= 4 is 33.2 Å². The van der Waals surface area contributed by atoms with Crippen molar-refractivity contribution in [1.29, 1.82) is 0 Å². The van der Waals surface area contributed by atoms with Crippen LogP contribution in [0, 0.1) is 0 Å². The number of ether oxygens (including phenoxy) is 1. The van der Waals surface area contributed by atoms with Gasteiger partial charge in [0.25, 0.3) is 15.9 Å².